The molecule has 2 N–H and O–H groups in total. The smallest absolute Gasteiger partial charge is 0.163 e. The molecule has 0 radical (unpaired) electrons. The van der Waals surface area contributed by atoms with E-state index in [1.54, 1.807) is 0 Å². The minimum Gasteiger partial charge on any atom is -0.396 e. The Hall–Kier alpha value is -2.50. The van der Waals surface area contributed by atoms with E-state index in [9.17, 15) is 5.11 Å². The van der Waals surface area contributed by atoms with Crippen LogP contribution in [0.5, 0.6) is 0 Å². The van der Waals surface area contributed by atoms with E-state index in [0.29, 0.717) is 13.0 Å². The van der Waals surface area contributed by atoms with Crippen LogP contribution in [-0.2, 0) is 13.6 Å². The number of rotatable bonds is 7. The van der Waals surface area contributed by atoms with Crippen LogP contribution in [0, 0.1) is 0 Å². The van der Waals surface area contributed by atoms with E-state index in [4.69, 9.17) is 0 Å². The normalized spacial score (nSPS) is 12.2. The number of aliphatic hydroxyl groups excluding tert-OH is 1. The number of benzene rings is 2. The van der Waals surface area contributed by atoms with Crippen molar-refractivity contribution in [3.05, 3.63) is 72.1 Å². The first-order valence-corrected chi connectivity index (χ1v) is 8.12. The molecule has 0 saturated carbocycles. The Kier molecular flexibility index (Phi) is 5.36. The summed E-state index contributed by atoms with van der Waals surface area (Å²) in [6.45, 7) is 0.733. The lowest BCUT2D eigenvalue weighted by atomic mass is 10.0. The highest BCUT2D eigenvalue weighted by Crippen LogP contribution is 2.19. The maximum absolute atomic E-state index is 9.33. The second kappa shape index (κ2) is 7.86. The fourth-order valence-electron chi connectivity index (χ4n) is 2.77. The van der Waals surface area contributed by atoms with Crippen molar-refractivity contribution >= 4 is 0 Å². The maximum atomic E-state index is 9.33. The Bertz CT molecular complexity index is 756. The number of nitrogens with zero attached hydrogens (tertiary/aromatic N) is 3. The van der Waals surface area contributed by atoms with Crippen LogP contribution in [0.4, 0.5) is 0 Å². The monoisotopic (exact) mass is 322 g/mol. The van der Waals surface area contributed by atoms with Crippen LogP contribution in [0.2, 0.25) is 0 Å². The van der Waals surface area contributed by atoms with Gasteiger partial charge in [-0.25, -0.2) is 0 Å². The molecule has 5 nitrogen and oxygen atoms in total. The number of aliphatic hydroxyl groups is 1. The molecule has 24 heavy (non-hydrogen) atoms. The predicted molar refractivity (Wildman–Crippen MR) is 94.2 cm³/mol. The molecule has 5 heteroatoms. The fourth-order valence-corrected chi connectivity index (χ4v) is 2.77. The second-order valence-corrected chi connectivity index (χ2v) is 5.72. The Balaban J connectivity index is 1.73. The zero-order valence-electron chi connectivity index (χ0n) is 13.8. The van der Waals surface area contributed by atoms with Gasteiger partial charge in [-0.05, 0) is 12.0 Å². The Morgan fingerprint density at radius 2 is 1.67 bits per heavy atom. The minimum absolute atomic E-state index is 0.0908. The molecule has 1 atom stereocenters. The van der Waals surface area contributed by atoms with E-state index in [0.717, 1.165) is 22.8 Å². The standard InChI is InChI=1S/C19H22N4O/c1-23-18(21-22-19(23)16-10-6-3-7-11-16)14-20-17(12-13-24)15-8-4-2-5-9-15/h2-11,17,20,24H,12-14H2,1H3. The van der Waals surface area contributed by atoms with Crippen LogP contribution >= 0.6 is 0 Å². The molecule has 0 amide bonds. The van der Waals surface area contributed by atoms with Gasteiger partial charge in [0.05, 0.1) is 6.54 Å². The van der Waals surface area contributed by atoms with Crippen molar-refractivity contribution in [2.24, 2.45) is 7.05 Å². The van der Waals surface area contributed by atoms with Crippen molar-refractivity contribution in [2.75, 3.05) is 6.61 Å². The third kappa shape index (κ3) is 3.69. The zero-order valence-corrected chi connectivity index (χ0v) is 13.8. The molecule has 1 unspecified atom stereocenters. The van der Waals surface area contributed by atoms with Crippen LogP contribution in [0.1, 0.15) is 23.9 Å². The second-order valence-electron chi connectivity index (χ2n) is 5.72. The van der Waals surface area contributed by atoms with Crippen molar-refractivity contribution in [1.29, 1.82) is 0 Å². The number of nitrogens with one attached hydrogen (secondary N) is 1. The van der Waals surface area contributed by atoms with Gasteiger partial charge in [0, 0.05) is 25.3 Å². The van der Waals surface area contributed by atoms with Gasteiger partial charge in [-0.3, -0.25) is 0 Å². The first-order valence-electron chi connectivity index (χ1n) is 8.12. The molecule has 3 rings (SSSR count). The van der Waals surface area contributed by atoms with Gasteiger partial charge in [0.2, 0.25) is 0 Å². The minimum atomic E-state index is 0.0908. The molecule has 2 aromatic carbocycles. The molecule has 1 heterocycles. The topological polar surface area (TPSA) is 63.0 Å². The van der Waals surface area contributed by atoms with Gasteiger partial charge >= 0.3 is 0 Å². The van der Waals surface area contributed by atoms with E-state index < -0.39 is 0 Å². The Labute approximate surface area is 142 Å². The van der Waals surface area contributed by atoms with Crippen LogP contribution < -0.4 is 5.32 Å². The Morgan fingerprint density at radius 3 is 2.33 bits per heavy atom. The summed E-state index contributed by atoms with van der Waals surface area (Å²) in [5, 5.41) is 21.4. The van der Waals surface area contributed by atoms with Crippen molar-refractivity contribution in [3.63, 3.8) is 0 Å². The van der Waals surface area contributed by atoms with Gasteiger partial charge < -0.3 is 15.0 Å². The van der Waals surface area contributed by atoms with Gasteiger partial charge in [0.15, 0.2) is 5.82 Å². The first-order chi connectivity index (χ1) is 11.8. The Morgan fingerprint density at radius 1 is 1.00 bits per heavy atom. The van der Waals surface area contributed by atoms with Crippen molar-refractivity contribution in [3.8, 4) is 11.4 Å². The lowest BCUT2D eigenvalue weighted by Gasteiger charge is -2.18. The summed E-state index contributed by atoms with van der Waals surface area (Å²) in [5.41, 5.74) is 2.21. The van der Waals surface area contributed by atoms with Crippen LogP contribution in [0.3, 0.4) is 0 Å². The van der Waals surface area contributed by atoms with Crippen LogP contribution in [-0.4, -0.2) is 26.5 Å². The van der Waals surface area contributed by atoms with E-state index in [1.165, 1.54) is 0 Å². The van der Waals surface area contributed by atoms with E-state index >= 15 is 0 Å². The molecule has 0 bridgehead atoms. The van der Waals surface area contributed by atoms with Gasteiger partial charge in [0.25, 0.3) is 0 Å². The number of hydrogen-bond acceptors (Lipinski definition) is 4. The summed E-state index contributed by atoms with van der Waals surface area (Å²) in [6.07, 6.45) is 0.660. The van der Waals surface area contributed by atoms with Crippen LogP contribution in [0.25, 0.3) is 11.4 Å². The third-order valence-corrected chi connectivity index (χ3v) is 4.12. The predicted octanol–water partition coefficient (Wildman–Crippen LogP) is 2.70. The molecule has 0 saturated heterocycles. The summed E-state index contributed by atoms with van der Waals surface area (Å²) in [7, 11) is 1.98. The van der Waals surface area contributed by atoms with Gasteiger partial charge in [0.1, 0.15) is 5.82 Å². The molecule has 0 aliphatic heterocycles. The highest BCUT2D eigenvalue weighted by Gasteiger charge is 2.14. The lowest BCUT2D eigenvalue weighted by molar-refractivity contribution is 0.264. The van der Waals surface area contributed by atoms with E-state index in [1.807, 2.05) is 60.1 Å². The number of hydrogen-bond donors (Lipinski definition) is 2. The first kappa shape index (κ1) is 16.4. The summed E-state index contributed by atoms with van der Waals surface area (Å²) >= 11 is 0. The van der Waals surface area contributed by atoms with Gasteiger partial charge in [-0.1, -0.05) is 60.7 Å². The summed E-state index contributed by atoms with van der Waals surface area (Å²) in [5.74, 6) is 1.72. The molecule has 1 aromatic heterocycles. The third-order valence-electron chi connectivity index (χ3n) is 4.12. The maximum Gasteiger partial charge on any atom is 0.163 e. The SMILES string of the molecule is Cn1c(CNC(CCO)c2ccccc2)nnc1-c1ccccc1. The highest BCUT2D eigenvalue weighted by molar-refractivity contribution is 5.54. The van der Waals surface area contributed by atoms with Crippen molar-refractivity contribution in [2.45, 2.75) is 19.0 Å². The quantitative estimate of drug-likeness (QED) is 0.702. The molecular formula is C19H22N4O. The average molecular weight is 322 g/mol. The fraction of sp³-hybridized carbons (Fsp3) is 0.263. The van der Waals surface area contributed by atoms with Gasteiger partial charge in [-0.2, -0.15) is 0 Å². The molecule has 0 aliphatic carbocycles. The van der Waals surface area contributed by atoms with Crippen molar-refractivity contribution < 1.29 is 5.11 Å². The van der Waals surface area contributed by atoms with Crippen molar-refractivity contribution in [1.82, 2.24) is 20.1 Å². The lowest BCUT2D eigenvalue weighted by Crippen LogP contribution is -2.23. The van der Waals surface area contributed by atoms with Crippen LogP contribution in [0.15, 0.2) is 60.7 Å². The zero-order chi connectivity index (χ0) is 16.8. The molecule has 124 valence electrons. The molecule has 0 aliphatic rings. The highest BCUT2D eigenvalue weighted by atomic mass is 16.3. The molecular weight excluding hydrogens is 300 g/mol. The molecule has 0 spiro atoms. The molecule has 0 fully saturated rings. The number of aromatic nitrogens is 3. The summed E-state index contributed by atoms with van der Waals surface area (Å²) < 4.78 is 2.00. The largest absolute Gasteiger partial charge is 0.396 e. The van der Waals surface area contributed by atoms with E-state index in [2.05, 4.69) is 27.6 Å². The van der Waals surface area contributed by atoms with Gasteiger partial charge in [-0.15, -0.1) is 10.2 Å². The molecule has 3 aromatic rings. The van der Waals surface area contributed by atoms with E-state index in [-0.39, 0.29) is 12.6 Å². The average Bonchev–Trinajstić information content (AvgIpc) is 3.01. The summed E-state index contributed by atoms with van der Waals surface area (Å²) in [4.78, 5) is 0. The summed E-state index contributed by atoms with van der Waals surface area (Å²) in [6, 6.07) is 20.3.